The van der Waals surface area contributed by atoms with Crippen molar-refractivity contribution >= 4 is 17.6 Å². The van der Waals surface area contributed by atoms with Crippen molar-refractivity contribution in [2.24, 2.45) is 5.73 Å². The van der Waals surface area contributed by atoms with Crippen LogP contribution in [0.25, 0.3) is 0 Å². The fourth-order valence-corrected chi connectivity index (χ4v) is 1.70. The molecule has 100 valence electrons. The number of carbonyl (C=O) groups is 1. The van der Waals surface area contributed by atoms with Crippen molar-refractivity contribution in [3.63, 3.8) is 0 Å². The van der Waals surface area contributed by atoms with Gasteiger partial charge >= 0.3 is 5.97 Å². The number of nitrogens with two attached hydrogens (primary N) is 1. The van der Waals surface area contributed by atoms with Crippen LogP contribution in [-0.4, -0.2) is 18.7 Å². The zero-order valence-corrected chi connectivity index (χ0v) is 11.4. The van der Waals surface area contributed by atoms with Gasteiger partial charge in [0, 0.05) is 17.1 Å². The van der Waals surface area contributed by atoms with E-state index in [-0.39, 0.29) is 5.97 Å². The Morgan fingerprint density at radius 2 is 2.17 bits per heavy atom. The lowest BCUT2D eigenvalue weighted by atomic mass is 10.2. The highest BCUT2D eigenvalue weighted by molar-refractivity contribution is 6.30. The molecule has 0 aliphatic rings. The van der Waals surface area contributed by atoms with Gasteiger partial charge in [-0.05, 0) is 31.5 Å². The molecule has 1 rings (SSSR count). The Morgan fingerprint density at radius 3 is 2.72 bits per heavy atom. The van der Waals surface area contributed by atoms with E-state index in [0.29, 0.717) is 30.3 Å². The van der Waals surface area contributed by atoms with Crippen molar-refractivity contribution < 1.29 is 14.3 Å². The van der Waals surface area contributed by atoms with E-state index in [4.69, 9.17) is 26.8 Å². The zero-order valence-electron chi connectivity index (χ0n) is 10.6. The molecular formula is C13H18ClNO3. The van der Waals surface area contributed by atoms with Gasteiger partial charge in [0.2, 0.25) is 0 Å². The van der Waals surface area contributed by atoms with Gasteiger partial charge in [0.15, 0.2) is 6.10 Å². The van der Waals surface area contributed by atoms with Crippen LogP contribution in [0.2, 0.25) is 5.02 Å². The normalized spacial score (nSPS) is 12.0. The second-order valence-corrected chi connectivity index (χ2v) is 4.16. The lowest BCUT2D eigenvalue weighted by Crippen LogP contribution is -2.29. The molecule has 0 aliphatic carbocycles. The first-order valence-corrected chi connectivity index (χ1v) is 6.31. The van der Waals surface area contributed by atoms with Crippen molar-refractivity contribution in [1.29, 1.82) is 0 Å². The minimum Gasteiger partial charge on any atom is -0.478 e. The molecule has 4 nitrogen and oxygen atoms in total. The largest absolute Gasteiger partial charge is 0.478 e. The first-order valence-electron chi connectivity index (χ1n) is 5.94. The van der Waals surface area contributed by atoms with E-state index < -0.39 is 6.10 Å². The zero-order chi connectivity index (χ0) is 13.5. The molecule has 0 radical (unpaired) electrons. The number of halogens is 1. The SMILES string of the molecule is CCOC(=O)C(CC)Oc1ccc(Cl)cc1CN. The van der Waals surface area contributed by atoms with Gasteiger partial charge in [-0.15, -0.1) is 0 Å². The van der Waals surface area contributed by atoms with Crippen LogP contribution in [0.3, 0.4) is 0 Å². The number of hydrogen-bond donors (Lipinski definition) is 1. The molecule has 0 heterocycles. The average Bonchev–Trinajstić information content (AvgIpc) is 2.37. The molecule has 0 spiro atoms. The Morgan fingerprint density at radius 1 is 1.44 bits per heavy atom. The van der Waals surface area contributed by atoms with Gasteiger partial charge in [-0.1, -0.05) is 18.5 Å². The molecule has 0 amide bonds. The molecule has 0 saturated heterocycles. The first kappa shape index (κ1) is 14.8. The van der Waals surface area contributed by atoms with Crippen molar-refractivity contribution in [3.8, 4) is 5.75 Å². The van der Waals surface area contributed by atoms with E-state index in [0.717, 1.165) is 5.56 Å². The van der Waals surface area contributed by atoms with Crippen molar-refractivity contribution in [3.05, 3.63) is 28.8 Å². The molecule has 0 bridgehead atoms. The highest BCUT2D eigenvalue weighted by Crippen LogP contribution is 2.24. The van der Waals surface area contributed by atoms with Crippen LogP contribution in [0.1, 0.15) is 25.8 Å². The van der Waals surface area contributed by atoms with Crippen molar-refractivity contribution in [2.45, 2.75) is 32.9 Å². The van der Waals surface area contributed by atoms with Crippen LogP contribution in [0, 0.1) is 0 Å². The molecule has 0 saturated carbocycles. The number of rotatable bonds is 6. The van der Waals surface area contributed by atoms with E-state index in [2.05, 4.69) is 0 Å². The smallest absolute Gasteiger partial charge is 0.347 e. The third-order valence-corrected chi connectivity index (χ3v) is 2.67. The number of benzene rings is 1. The predicted octanol–water partition coefficient (Wildman–Crippen LogP) is 2.52. The Kier molecular flexibility index (Phi) is 5.95. The lowest BCUT2D eigenvalue weighted by molar-refractivity contribution is -0.151. The van der Waals surface area contributed by atoms with Gasteiger partial charge in [-0.2, -0.15) is 0 Å². The van der Waals surface area contributed by atoms with Crippen LogP contribution in [0.4, 0.5) is 0 Å². The molecule has 1 aromatic carbocycles. The number of ether oxygens (including phenoxy) is 2. The van der Waals surface area contributed by atoms with Gasteiger partial charge in [-0.3, -0.25) is 0 Å². The third kappa shape index (κ3) is 3.89. The maximum atomic E-state index is 11.6. The van der Waals surface area contributed by atoms with Crippen LogP contribution in [0.5, 0.6) is 5.75 Å². The molecule has 1 unspecified atom stereocenters. The van der Waals surface area contributed by atoms with E-state index in [9.17, 15) is 4.79 Å². The van der Waals surface area contributed by atoms with Gasteiger partial charge in [0.1, 0.15) is 5.75 Å². The molecular weight excluding hydrogens is 254 g/mol. The summed E-state index contributed by atoms with van der Waals surface area (Å²) >= 11 is 5.88. The second kappa shape index (κ2) is 7.24. The summed E-state index contributed by atoms with van der Waals surface area (Å²) in [5.74, 6) is 0.208. The first-order chi connectivity index (χ1) is 8.62. The quantitative estimate of drug-likeness (QED) is 0.808. The van der Waals surface area contributed by atoms with E-state index in [1.807, 2.05) is 6.92 Å². The Balaban J connectivity index is 2.84. The van der Waals surface area contributed by atoms with Gasteiger partial charge in [-0.25, -0.2) is 4.79 Å². The summed E-state index contributed by atoms with van der Waals surface area (Å²) in [6, 6.07) is 5.15. The Hall–Kier alpha value is -1.26. The Bertz CT molecular complexity index is 409. The van der Waals surface area contributed by atoms with Gasteiger partial charge < -0.3 is 15.2 Å². The van der Waals surface area contributed by atoms with E-state index in [1.54, 1.807) is 25.1 Å². The highest BCUT2D eigenvalue weighted by atomic mass is 35.5. The standard InChI is InChI=1S/C13H18ClNO3/c1-3-11(13(16)17-4-2)18-12-6-5-10(14)7-9(12)8-15/h5-7,11H,3-4,8,15H2,1-2H3. The molecule has 1 aromatic rings. The topological polar surface area (TPSA) is 61.5 Å². The molecule has 5 heteroatoms. The van der Waals surface area contributed by atoms with Crippen molar-refractivity contribution in [1.82, 2.24) is 0 Å². The van der Waals surface area contributed by atoms with Crippen LogP contribution in [-0.2, 0) is 16.1 Å². The Labute approximate surface area is 112 Å². The maximum Gasteiger partial charge on any atom is 0.347 e. The summed E-state index contributed by atoms with van der Waals surface area (Å²) in [4.78, 5) is 11.6. The third-order valence-electron chi connectivity index (χ3n) is 2.43. The van der Waals surface area contributed by atoms with Gasteiger partial charge in [0.05, 0.1) is 6.61 Å². The van der Waals surface area contributed by atoms with Crippen LogP contribution in [0.15, 0.2) is 18.2 Å². The minimum absolute atomic E-state index is 0.301. The lowest BCUT2D eigenvalue weighted by Gasteiger charge is -2.18. The minimum atomic E-state index is -0.614. The summed E-state index contributed by atoms with van der Waals surface area (Å²) < 4.78 is 10.6. The summed E-state index contributed by atoms with van der Waals surface area (Å²) in [5, 5.41) is 0.590. The second-order valence-electron chi connectivity index (χ2n) is 3.72. The molecule has 2 N–H and O–H groups in total. The van der Waals surface area contributed by atoms with Crippen LogP contribution >= 0.6 is 11.6 Å². The fraction of sp³-hybridized carbons (Fsp3) is 0.462. The molecule has 18 heavy (non-hydrogen) atoms. The molecule has 0 fully saturated rings. The van der Waals surface area contributed by atoms with Crippen LogP contribution < -0.4 is 10.5 Å². The molecule has 0 aliphatic heterocycles. The van der Waals surface area contributed by atoms with E-state index in [1.165, 1.54) is 0 Å². The van der Waals surface area contributed by atoms with Crippen molar-refractivity contribution in [2.75, 3.05) is 6.61 Å². The monoisotopic (exact) mass is 271 g/mol. The van der Waals surface area contributed by atoms with E-state index >= 15 is 0 Å². The summed E-state index contributed by atoms with van der Waals surface area (Å²) in [5.41, 5.74) is 6.39. The fourth-order valence-electron chi connectivity index (χ4n) is 1.51. The van der Waals surface area contributed by atoms with Gasteiger partial charge in [0.25, 0.3) is 0 Å². The average molecular weight is 272 g/mol. The number of carbonyl (C=O) groups excluding carboxylic acids is 1. The predicted molar refractivity (Wildman–Crippen MR) is 70.7 cm³/mol. The maximum absolute atomic E-state index is 11.6. The number of hydrogen-bond acceptors (Lipinski definition) is 4. The molecule has 1 atom stereocenters. The summed E-state index contributed by atoms with van der Waals surface area (Å²) in [7, 11) is 0. The molecule has 0 aromatic heterocycles. The highest BCUT2D eigenvalue weighted by Gasteiger charge is 2.20. The summed E-state index contributed by atoms with van der Waals surface area (Å²) in [6.45, 7) is 4.26. The number of esters is 1. The summed E-state index contributed by atoms with van der Waals surface area (Å²) in [6.07, 6.45) is -0.0812.